The monoisotopic (exact) mass is 468 g/mol. The fraction of sp³-hybridized carbons (Fsp3) is 0.130. The second-order valence-electron chi connectivity index (χ2n) is 6.78. The van der Waals surface area contributed by atoms with Crippen LogP contribution in [0.4, 0.5) is 5.69 Å². The molecule has 33 heavy (non-hydrogen) atoms. The number of hydrogen-bond acceptors (Lipinski definition) is 7. The van der Waals surface area contributed by atoms with E-state index in [4.69, 9.17) is 9.84 Å². The maximum atomic E-state index is 13.0. The van der Waals surface area contributed by atoms with Gasteiger partial charge in [-0.05, 0) is 53.7 Å². The topological polar surface area (TPSA) is 137 Å². The van der Waals surface area contributed by atoms with Crippen LogP contribution in [0.15, 0.2) is 65.0 Å². The van der Waals surface area contributed by atoms with Crippen LogP contribution < -0.4 is 4.74 Å². The Bertz CT molecular complexity index is 1170. The smallest absolute Gasteiger partial charge is 0.338 e. The number of carboxylic acid groups (broad SMARTS) is 2. The zero-order chi connectivity index (χ0) is 24.0. The minimum Gasteiger partial charge on any atom is -0.508 e. The normalized spacial score (nSPS) is 15.8. The van der Waals surface area contributed by atoms with E-state index < -0.39 is 11.9 Å². The molecule has 1 heterocycles. The molecule has 0 bridgehead atoms. The Hall–Kier alpha value is -4.05. The van der Waals surface area contributed by atoms with Gasteiger partial charge in [-0.15, -0.1) is 6.58 Å². The van der Waals surface area contributed by atoms with E-state index in [0.29, 0.717) is 16.2 Å². The highest BCUT2D eigenvalue weighted by atomic mass is 32.2. The van der Waals surface area contributed by atoms with E-state index in [1.165, 1.54) is 23.1 Å². The lowest BCUT2D eigenvalue weighted by Gasteiger charge is -2.13. The van der Waals surface area contributed by atoms with Crippen molar-refractivity contribution >= 4 is 46.5 Å². The zero-order valence-corrected chi connectivity index (χ0v) is 18.1. The molecule has 2 aromatic carbocycles. The quantitative estimate of drug-likeness (QED) is 0.374. The summed E-state index contributed by atoms with van der Waals surface area (Å²) in [4.78, 5) is 41.2. The number of aromatic carboxylic acids is 1. The minimum atomic E-state index is -1.26. The summed E-state index contributed by atoms with van der Waals surface area (Å²) in [7, 11) is 0. The number of aliphatic imine (C=N–C) groups is 1. The first-order valence-corrected chi connectivity index (χ1v) is 10.5. The number of carboxylic acids is 2. The van der Waals surface area contributed by atoms with Gasteiger partial charge in [-0.2, -0.15) is 0 Å². The van der Waals surface area contributed by atoms with Gasteiger partial charge in [-0.3, -0.25) is 14.5 Å². The predicted octanol–water partition coefficient (Wildman–Crippen LogP) is 3.73. The van der Waals surface area contributed by atoms with Crippen LogP contribution in [-0.4, -0.2) is 56.4 Å². The molecule has 1 amide bonds. The number of hydrogen-bond donors (Lipinski definition) is 3. The van der Waals surface area contributed by atoms with Crippen molar-refractivity contribution < 1.29 is 34.4 Å². The first-order chi connectivity index (χ1) is 15.8. The molecule has 0 unspecified atom stereocenters. The third-order valence-corrected chi connectivity index (χ3v) is 5.37. The number of thioether (sulfide) groups is 1. The van der Waals surface area contributed by atoms with Crippen LogP contribution in [-0.2, 0) is 9.59 Å². The number of nitrogens with zero attached hydrogens (tertiary/aromatic N) is 2. The molecule has 0 radical (unpaired) electrons. The molecular weight excluding hydrogens is 448 g/mol. The van der Waals surface area contributed by atoms with Crippen LogP contribution in [0.25, 0.3) is 6.08 Å². The lowest BCUT2D eigenvalue weighted by Crippen LogP contribution is -2.29. The van der Waals surface area contributed by atoms with Crippen LogP contribution in [0.2, 0.25) is 0 Å². The number of phenolic OH excluding ortho intramolecular Hbond substituents is 1. The van der Waals surface area contributed by atoms with Crippen LogP contribution in [0.1, 0.15) is 22.3 Å². The number of phenols is 1. The molecule has 3 N–H and O–H groups in total. The molecule has 1 aliphatic heterocycles. The fourth-order valence-corrected chi connectivity index (χ4v) is 3.88. The number of carbonyl (C=O) groups excluding carboxylic acids is 1. The van der Waals surface area contributed by atoms with E-state index in [-0.39, 0.29) is 47.6 Å². The summed E-state index contributed by atoms with van der Waals surface area (Å²) in [5.74, 6) is -2.29. The van der Waals surface area contributed by atoms with Gasteiger partial charge in [-0.25, -0.2) is 9.79 Å². The highest BCUT2D eigenvalue weighted by Gasteiger charge is 2.33. The maximum absolute atomic E-state index is 13.0. The van der Waals surface area contributed by atoms with E-state index in [0.717, 1.165) is 17.8 Å². The van der Waals surface area contributed by atoms with Gasteiger partial charge in [0.05, 0.1) is 29.2 Å². The number of aromatic hydroxyl groups is 1. The standard InChI is InChI=1S/C23H20N2O7S/c1-2-9-25-21(29)19(12-14-4-3-5-16(11-14)32-10-8-20(27)28)33-23(25)24-18-7-6-15(26)13-17(18)22(30)31/h2-7,11-13,26H,1,8-10H2,(H,27,28)(H,30,31)/b19-12-,24-23?. The summed E-state index contributed by atoms with van der Waals surface area (Å²) in [6.07, 6.45) is 3.04. The summed E-state index contributed by atoms with van der Waals surface area (Å²) in [5, 5.41) is 28.0. The lowest BCUT2D eigenvalue weighted by atomic mass is 10.2. The van der Waals surface area contributed by atoms with Gasteiger partial charge in [0, 0.05) is 6.54 Å². The molecule has 1 fully saturated rings. The summed E-state index contributed by atoms with van der Waals surface area (Å²) >= 11 is 1.07. The van der Waals surface area contributed by atoms with Gasteiger partial charge < -0.3 is 20.1 Å². The molecule has 9 nitrogen and oxygen atoms in total. The van der Waals surface area contributed by atoms with Crippen molar-refractivity contribution in [1.29, 1.82) is 0 Å². The van der Waals surface area contributed by atoms with Gasteiger partial charge in [0.25, 0.3) is 5.91 Å². The Morgan fingerprint density at radius 1 is 1.18 bits per heavy atom. The van der Waals surface area contributed by atoms with Gasteiger partial charge in [0.15, 0.2) is 5.17 Å². The molecule has 170 valence electrons. The van der Waals surface area contributed by atoms with E-state index in [9.17, 15) is 24.6 Å². The van der Waals surface area contributed by atoms with E-state index in [1.54, 1.807) is 30.3 Å². The Morgan fingerprint density at radius 3 is 2.67 bits per heavy atom. The first kappa shape index (κ1) is 23.6. The van der Waals surface area contributed by atoms with Crippen molar-refractivity contribution in [2.75, 3.05) is 13.2 Å². The largest absolute Gasteiger partial charge is 0.508 e. The number of ether oxygens (including phenoxy) is 1. The van der Waals surface area contributed by atoms with Crippen LogP contribution in [0, 0.1) is 0 Å². The zero-order valence-electron chi connectivity index (χ0n) is 17.3. The summed E-state index contributed by atoms with van der Waals surface area (Å²) in [6.45, 7) is 3.84. The van der Waals surface area contributed by atoms with Gasteiger partial charge in [0.1, 0.15) is 11.5 Å². The van der Waals surface area contributed by atoms with Crippen molar-refractivity contribution in [1.82, 2.24) is 4.90 Å². The highest BCUT2D eigenvalue weighted by molar-refractivity contribution is 8.18. The Balaban J connectivity index is 1.91. The van der Waals surface area contributed by atoms with E-state index in [2.05, 4.69) is 11.6 Å². The van der Waals surface area contributed by atoms with Crippen molar-refractivity contribution in [2.24, 2.45) is 4.99 Å². The van der Waals surface area contributed by atoms with Crippen LogP contribution >= 0.6 is 11.8 Å². The summed E-state index contributed by atoms with van der Waals surface area (Å²) in [5.41, 5.74) is 0.562. The van der Waals surface area contributed by atoms with Crippen molar-refractivity contribution in [3.63, 3.8) is 0 Å². The first-order valence-electron chi connectivity index (χ1n) is 9.70. The molecule has 1 saturated heterocycles. The minimum absolute atomic E-state index is 0.0193. The molecular formula is C23H20N2O7S. The van der Waals surface area contributed by atoms with Gasteiger partial charge in [0.2, 0.25) is 0 Å². The number of amides is 1. The Morgan fingerprint density at radius 2 is 1.97 bits per heavy atom. The number of benzene rings is 2. The molecule has 2 aromatic rings. The molecule has 0 aromatic heterocycles. The van der Waals surface area contributed by atoms with E-state index in [1.807, 2.05) is 0 Å². The number of aliphatic carboxylic acids is 1. The second-order valence-corrected chi connectivity index (χ2v) is 7.79. The van der Waals surface area contributed by atoms with Gasteiger partial charge in [-0.1, -0.05) is 18.2 Å². The van der Waals surface area contributed by atoms with Crippen LogP contribution in [0.5, 0.6) is 11.5 Å². The molecule has 0 spiro atoms. The predicted molar refractivity (Wildman–Crippen MR) is 124 cm³/mol. The van der Waals surface area contributed by atoms with Crippen molar-refractivity contribution in [2.45, 2.75) is 6.42 Å². The lowest BCUT2D eigenvalue weighted by molar-refractivity contribution is -0.137. The van der Waals surface area contributed by atoms with Gasteiger partial charge >= 0.3 is 11.9 Å². The number of rotatable bonds is 9. The van der Waals surface area contributed by atoms with E-state index >= 15 is 0 Å². The van der Waals surface area contributed by atoms with Crippen molar-refractivity contribution in [3.8, 4) is 11.5 Å². The molecule has 0 aliphatic carbocycles. The third-order valence-electron chi connectivity index (χ3n) is 4.37. The fourth-order valence-electron chi connectivity index (χ4n) is 2.88. The molecule has 10 heteroatoms. The number of amidine groups is 1. The average molecular weight is 468 g/mol. The third kappa shape index (κ3) is 6.01. The highest BCUT2D eigenvalue weighted by Crippen LogP contribution is 2.35. The summed E-state index contributed by atoms with van der Waals surface area (Å²) < 4.78 is 5.43. The maximum Gasteiger partial charge on any atom is 0.338 e. The molecule has 3 rings (SSSR count). The molecule has 0 saturated carbocycles. The Kier molecular flexibility index (Phi) is 7.52. The Labute approximate surface area is 193 Å². The average Bonchev–Trinajstić information content (AvgIpc) is 3.04. The number of carbonyl (C=O) groups is 3. The SMILES string of the molecule is C=CCN1C(=O)/C(=C/c2cccc(OCCC(=O)O)c2)SC1=Nc1ccc(O)cc1C(=O)O. The molecule has 0 atom stereocenters. The van der Waals surface area contributed by atoms with Crippen molar-refractivity contribution in [3.05, 3.63) is 71.2 Å². The summed E-state index contributed by atoms with van der Waals surface area (Å²) in [6, 6.07) is 10.6. The van der Waals surface area contributed by atoms with Crippen LogP contribution in [0.3, 0.4) is 0 Å². The second kappa shape index (κ2) is 10.5. The molecule has 1 aliphatic rings.